The maximum Gasteiger partial charge on any atom is 0.328 e. The van der Waals surface area contributed by atoms with Gasteiger partial charge in [0.05, 0.1) is 20.1 Å². The van der Waals surface area contributed by atoms with Crippen LogP contribution in [0, 0.1) is 0 Å². The average molecular weight is 366 g/mol. The molecule has 3 rings (SSSR count). The second kappa shape index (κ2) is 8.89. The summed E-state index contributed by atoms with van der Waals surface area (Å²) >= 11 is 0. The first-order valence-corrected chi connectivity index (χ1v) is 8.77. The summed E-state index contributed by atoms with van der Waals surface area (Å²) < 4.78 is 10.4. The van der Waals surface area contributed by atoms with Crippen LogP contribution < -0.4 is 10.1 Å². The third-order valence-electron chi connectivity index (χ3n) is 4.26. The molecule has 140 valence electrons. The molecule has 3 aromatic rings. The highest BCUT2D eigenvalue weighted by atomic mass is 16.5. The number of fused-ring (bicyclic) bond motifs is 1. The number of aromatic nitrogens is 1. The minimum atomic E-state index is -0.751. The summed E-state index contributed by atoms with van der Waals surface area (Å²) in [4.78, 5) is 27.5. The third-order valence-corrected chi connectivity index (χ3v) is 4.26. The number of aromatic amines is 1. The van der Waals surface area contributed by atoms with E-state index >= 15 is 0 Å². The summed E-state index contributed by atoms with van der Waals surface area (Å²) in [5.74, 6) is -0.0348. The molecular weight excluding hydrogens is 344 g/mol. The minimum absolute atomic E-state index is 0.149. The average Bonchev–Trinajstić information content (AvgIpc) is 3.10. The summed E-state index contributed by atoms with van der Waals surface area (Å²) in [5, 5.41) is 3.77. The number of nitrogens with one attached hydrogen (secondary N) is 2. The van der Waals surface area contributed by atoms with Gasteiger partial charge in [0.1, 0.15) is 11.8 Å². The largest absolute Gasteiger partial charge is 0.493 e. The van der Waals surface area contributed by atoms with Gasteiger partial charge in [-0.2, -0.15) is 0 Å². The number of H-pyrrole nitrogens is 1. The molecule has 0 saturated heterocycles. The molecule has 2 aromatic carbocycles. The Labute approximate surface area is 157 Å². The van der Waals surface area contributed by atoms with Gasteiger partial charge in [-0.05, 0) is 23.8 Å². The van der Waals surface area contributed by atoms with Crippen molar-refractivity contribution in [3.8, 4) is 5.75 Å². The van der Waals surface area contributed by atoms with E-state index in [9.17, 15) is 9.59 Å². The lowest BCUT2D eigenvalue weighted by Crippen LogP contribution is -2.43. The normalized spacial score (nSPS) is 11.7. The number of benzene rings is 2. The zero-order chi connectivity index (χ0) is 19.1. The lowest BCUT2D eigenvalue weighted by molar-refractivity contribution is -0.145. The molecule has 0 radical (unpaired) electrons. The standard InChI is InChI=1S/C21H22N2O4/c1-26-21(25)19(13-15-14-22-18-10-6-5-9-17(15)18)23-20(24)11-12-27-16-7-3-2-4-8-16/h2-10,14,19,22H,11-13H2,1H3,(H,23,24). The molecule has 27 heavy (non-hydrogen) atoms. The SMILES string of the molecule is COC(=O)C(Cc1c[nH]c2ccccc12)NC(=O)CCOc1ccccc1. The van der Waals surface area contributed by atoms with Gasteiger partial charge >= 0.3 is 5.97 Å². The van der Waals surface area contributed by atoms with Crippen LogP contribution >= 0.6 is 0 Å². The number of rotatable bonds is 8. The Morgan fingerprint density at radius 2 is 1.81 bits per heavy atom. The predicted octanol–water partition coefficient (Wildman–Crippen LogP) is 2.84. The van der Waals surface area contributed by atoms with E-state index in [0.29, 0.717) is 12.2 Å². The topological polar surface area (TPSA) is 80.4 Å². The maximum absolute atomic E-state index is 12.2. The second-order valence-corrected chi connectivity index (χ2v) is 6.12. The Morgan fingerprint density at radius 1 is 1.07 bits per heavy atom. The van der Waals surface area contributed by atoms with E-state index in [2.05, 4.69) is 10.3 Å². The Balaban J connectivity index is 1.59. The molecule has 0 bridgehead atoms. The van der Waals surface area contributed by atoms with Crippen LogP contribution in [0.15, 0.2) is 60.8 Å². The fraction of sp³-hybridized carbons (Fsp3) is 0.238. The summed E-state index contributed by atoms with van der Waals surface area (Å²) in [6.07, 6.45) is 2.35. The fourth-order valence-corrected chi connectivity index (χ4v) is 2.90. The van der Waals surface area contributed by atoms with Crippen molar-refractivity contribution in [2.24, 2.45) is 0 Å². The van der Waals surface area contributed by atoms with Gasteiger partial charge in [-0.25, -0.2) is 4.79 Å². The molecule has 0 fully saturated rings. The van der Waals surface area contributed by atoms with Gasteiger partial charge in [-0.3, -0.25) is 4.79 Å². The van der Waals surface area contributed by atoms with E-state index in [1.165, 1.54) is 7.11 Å². The van der Waals surface area contributed by atoms with Crippen LogP contribution in [0.2, 0.25) is 0 Å². The Bertz CT molecular complexity index is 905. The molecule has 0 aliphatic carbocycles. The molecule has 1 aromatic heterocycles. The molecule has 1 unspecified atom stereocenters. The summed E-state index contributed by atoms with van der Waals surface area (Å²) in [6.45, 7) is 0.233. The molecule has 1 heterocycles. The third kappa shape index (κ3) is 4.88. The first-order valence-electron chi connectivity index (χ1n) is 8.77. The predicted molar refractivity (Wildman–Crippen MR) is 103 cm³/mol. The highest BCUT2D eigenvalue weighted by Gasteiger charge is 2.23. The van der Waals surface area contributed by atoms with E-state index in [1.54, 1.807) is 0 Å². The first-order chi connectivity index (χ1) is 13.2. The van der Waals surface area contributed by atoms with E-state index in [1.807, 2.05) is 60.8 Å². The van der Waals surface area contributed by atoms with Crippen molar-refractivity contribution < 1.29 is 19.1 Å². The van der Waals surface area contributed by atoms with Crippen molar-refractivity contribution in [2.45, 2.75) is 18.9 Å². The molecule has 0 aliphatic heterocycles. The lowest BCUT2D eigenvalue weighted by Gasteiger charge is -2.16. The van der Waals surface area contributed by atoms with Gasteiger partial charge in [0, 0.05) is 23.5 Å². The van der Waals surface area contributed by atoms with Crippen LogP contribution in [-0.4, -0.2) is 36.6 Å². The molecule has 1 atom stereocenters. The second-order valence-electron chi connectivity index (χ2n) is 6.12. The summed E-state index contributed by atoms with van der Waals surface area (Å²) in [6, 6.07) is 16.3. The smallest absolute Gasteiger partial charge is 0.328 e. The van der Waals surface area contributed by atoms with E-state index in [0.717, 1.165) is 16.5 Å². The van der Waals surface area contributed by atoms with Crippen molar-refractivity contribution in [3.05, 3.63) is 66.4 Å². The molecule has 0 aliphatic rings. The van der Waals surface area contributed by atoms with Crippen molar-refractivity contribution >= 4 is 22.8 Å². The number of hydrogen-bond acceptors (Lipinski definition) is 4. The number of hydrogen-bond donors (Lipinski definition) is 2. The van der Waals surface area contributed by atoms with Crippen LogP contribution in [0.5, 0.6) is 5.75 Å². The van der Waals surface area contributed by atoms with Crippen molar-refractivity contribution in [2.75, 3.05) is 13.7 Å². The molecule has 0 spiro atoms. The number of carbonyl (C=O) groups excluding carboxylic acids is 2. The van der Waals surface area contributed by atoms with Crippen molar-refractivity contribution in [1.29, 1.82) is 0 Å². The highest BCUT2D eigenvalue weighted by Crippen LogP contribution is 2.19. The van der Waals surface area contributed by atoms with Crippen LogP contribution in [-0.2, 0) is 20.7 Å². The van der Waals surface area contributed by atoms with E-state index in [4.69, 9.17) is 9.47 Å². The van der Waals surface area contributed by atoms with Crippen molar-refractivity contribution in [3.63, 3.8) is 0 Å². The van der Waals surface area contributed by atoms with Crippen LogP contribution in [0.4, 0.5) is 0 Å². The van der Waals surface area contributed by atoms with Crippen LogP contribution in [0.1, 0.15) is 12.0 Å². The Morgan fingerprint density at radius 3 is 2.59 bits per heavy atom. The number of amides is 1. The maximum atomic E-state index is 12.2. The molecule has 2 N–H and O–H groups in total. The zero-order valence-electron chi connectivity index (χ0n) is 15.1. The highest BCUT2D eigenvalue weighted by molar-refractivity contribution is 5.87. The number of carbonyl (C=O) groups is 2. The number of ether oxygens (including phenoxy) is 2. The lowest BCUT2D eigenvalue weighted by atomic mass is 10.0. The van der Waals surface area contributed by atoms with E-state index < -0.39 is 12.0 Å². The Hall–Kier alpha value is -3.28. The van der Waals surface area contributed by atoms with Gasteiger partial charge in [0.15, 0.2) is 0 Å². The monoisotopic (exact) mass is 366 g/mol. The van der Waals surface area contributed by atoms with Gasteiger partial charge in [-0.1, -0.05) is 36.4 Å². The van der Waals surface area contributed by atoms with E-state index in [-0.39, 0.29) is 18.9 Å². The van der Waals surface area contributed by atoms with Crippen LogP contribution in [0.25, 0.3) is 10.9 Å². The molecule has 1 amide bonds. The van der Waals surface area contributed by atoms with Gasteiger partial charge in [-0.15, -0.1) is 0 Å². The molecular formula is C21H22N2O4. The summed E-state index contributed by atoms with van der Waals surface area (Å²) in [7, 11) is 1.31. The fourth-order valence-electron chi connectivity index (χ4n) is 2.90. The zero-order valence-corrected chi connectivity index (χ0v) is 15.1. The number of esters is 1. The molecule has 0 saturated carbocycles. The molecule has 6 nitrogen and oxygen atoms in total. The first kappa shape index (κ1) is 18.5. The minimum Gasteiger partial charge on any atom is -0.493 e. The van der Waals surface area contributed by atoms with Crippen molar-refractivity contribution in [1.82, 2.24) is 10.3 Å². The quantitative estimate of drug-likeness (QED) is 0.601. The van der Waals surface area contributed by atoms with Crippen LogP contribution in [0.3, 0.4) is 0 Å². The Kier molecular flexibility index (Phi) is 6.10. The summed E-state index contributed by atoms with van der Waals surface area (Å²) in [5.41, 5.74) is 1.93. The molecule has 6 heteroatoms. The van der Waals surface area contributed by atoms with Gasteiger partial charge in [0.25, 0.3) is 0 Å². The van der Waals surface area contributed by atoms with Gasteiger partial charge < -0.3 is 19.8 Å². The van der Waals surface area contributed by atoms with Gasteiger partial charge in [0.2, 0.25) is 5.91 Å². The number of para-hydroxylation sites is 2. The number of methoxy groups -OCH3 is 1.